The van der Waals surface area contributed by atoms with Crippen LogP contribution in [0.15, 0.2) is 48.8 Å². The number of aromatic hydroxyl groups is 1. The van der Waals surface area contributed by atoms with Gasteiger partial charge in [0.25, 0.3) is 0 Å². The van der Waals surface area contributed by atoms with Crippen LogP contribution in [0.3, 0.4) is 0 Å². The van der Waals surface area contributed by atoms with E-state index in [2.05, 4.69) is 28.7 Å². The van der Waals surface area contributed by atoms with Crippen LogP contribution in [0.2, 0.25) is 5.02 Å². The van der Waals surface area contributed by atoms with E-state index < -0.39 is 0 Å². The third-order valence-electron chi connectivity index (χ3n) is 4.86. The Morgan fingerprint density at radius 3 is 2.75 bits per heavy atom. The molecular weight excluding hydrogens is 374 g/mol. The van der Waals surface area contributed by atoms with Crippen molar-refractivity contribution in [2.24, 2.45) is 0 Å². The van der Waals surface area contributed by atoms with E-state index in [0.29, 0.717) is 36.4 Å². The summed E-state index contributed by atoms with van der Waals surface area (Å²) in [5.41, 5.74) is 3.77. The molecule has 28 heavy (non-hydrogen) atoms. The summed E-state index contributed by atoms with van der Waals surface area (Å²) in [5, 5.41) is 11.2. The molecule has 2 heterocycles. The van der Waals surface area contributed by atoms with Crippen molar-refractivity contribution in [1.29, 1.82) is 0 Å². The van der Waals surface area contributed by atoms with Gasteiger partial charge in [-0.05, 0) is 41.3 Å². The highest BCUT2D eigenvalue weighted by Crippen LogP contribution is 2.38. The Morgan fingerprint density at radius 2 is 1.96 bits per heavy atom. The van der Waals surface area contributed by atoms with Crippen molar-refractivity contribution in [3.05, 3.63) is 65.1 Å². The zero-order chi connectivity index (χ0) is 19.7. The Labute approximate surface area is 169 Å². The highest BCUT2D eigenvalue weighted by molar-refractivity contribution is 6.30. The maximum atomic E-state index is 10.6. The number of anilines is 1. The molecule has 2 aromatic carbocycles. The van der Waals surface area contributed by atoms with Crippen LogP contribution >= 0.6 is 11.6 Å². The smallest absolute Gasteiger partial charge is 0.166 e. The van der Waals surface area contributed by atoms with Gasteiger partial charge in [-0.1, -0.05) is 37.6 Å². The predicted octanol–water partition coefficient (Wildman–Crippen LogP) is 5.03. The van der Waals surface area contributed by atoms with Crippen molar-refractivity contribution < 1.29 is 9.84 Å². The third-order valence-corrected chi connectivity index (χ3v) is 5.10. The largest absolute Gasteiger partial charge is 0.504 e. The molecule has 6 heteroatoms. The van der Waals surface area contributed by atoms with Crippen LogP contribution in [0.5, 0.6) is 11.5 Å². The van der Waals surface area contributed by atoms with E-state index in [4.69, 9.17) is 16.3 Å². The molecule has 0 bridgehead atoms. The Bertz CT molecular complexity index is 1010. The normalized spacial score (nSPS) is 13.8. The first-order valence-electron chi connectivity index (χ1n) is 9.33. The average molecular weight is 396 g/mol. The van der Waals surface area contributed by atoms with Gasteiger partial charge in [0, 0.05) is 28.9 Å². The molecule has 1 aliphatic rings. The van der Waals surface area contributed by atoms with Gasteiger partial charge in [0.2, 0.25) is 0 Å². The van der Waals surface area contributed by atoms with Crippen molar-refractivity contribution in [3.8, 4) is 22.6 Å². The van der Waals surface area contributed by atoms with Crippen LogP contribution in [0.25, 0.3) is 11.1 Å². The molecule has 0 amide bonds. The molecule has 0 saturated carbocycles. The summed E-state index contributed by atoms with van der Waals surface area (Å²) in [4.78, 5) is 11.0. The molecule has 1 N–H and O–H groups in total. The number of aromatic nitrogens is 2. The number of nitrogens with zero attached hydrogens (tertiary/aromatic N) is 3. The molecule has 0 saturated heterocycles. The minimum Gasteiger partial charge on any atom is -0.504 e. The Kier molecular flexibility index (Phi) is 5.09. The lowest BCUT2D eigenvalue weighted by Gasteiger charge is -2.21. The first-order valence-corrected chi connectivity index (χ1v) is 9.70. The molecule has 5 nitrogen and oxygen atoms in total. The number of halogens is 1. The van der Waals surface area contributed by atoms with E-state index in [-0.39, 0.29) is 5.75 Å². The molecule has 0 fully saturated rings. The SMILES string of the molecule is CC(C)c1cc(N2CCOc3c(O)cc(-c4cccc(Cl)c4)cc3C2)ncn1. The van der Waals surface area contributed by atoms with Crippen molar-refractivity contribution in [2.75, 3.05) is 18.1 Å². The second-order valence-corrected chi connectivity index (χ2v) is 7.66. The summed E-state index contributed by atoms with van der Waals surface area (Å²) in [7, 11) is 0. The Morgan fingerprint density at radius 1 is 1.11 bits per heavy atom. The molecule has 1 aliphatic heterocycles. The van der Waals surface area contributed by atoms with E-state index in [1.165, 1.54) is 0 Å². The van der Waals surface area contributed by atoms with E-state index in [1.807, 2.05) is 36.4 Å². The van der Waals surface area contributed by atoms with Crippen molar-refractivity contribution in [2.45, 2.75) is 26.3 Å². The number of fused-ring (bicyclic) bond motifs is 1. The highest BCUT2D eigenvalue weighted by Gasteiger charge is 2.21. The monoisotopic (exact) mass is 395 g/mol. The highest BCUT2D eigenvalue weighted by atomic mass is 35.5. The van der Waals surface area contributed by atoms with Gasteiger partial charge in [-0.15, -0.1) is 0 Å². The van der Waals surface area contributed by atoms with Crippen LogP contribution in [0.4, 0.5) is 5.82 Å². The molecule has 1 aromatic heterocycles. The standard InChI is InChI=1S/C22H22ClN3O2/c1-14(2)19-11-21(25-13-24-19)26-6-7-28-22-17(12-26)8-16(10-20(22)27)15-4-3-5-18(23)9-15/h3-5,8-11,13-14,27H,6-7,12H2,1-2H3. The summed E-state index contributed by atoms with van der Waals surface area (Å²) in [5.74, 6) is 1.87. The van der Waals surface area contributed by atoms with Crippen LogP contribution < -0.4 is 9.64 Å². The zero-order valence-corrected chi connectivity index (χ0v) is 16.6. The molecule has 0 radical (unpaired) electrons. The lowest BCUT2D eigenvalue weighted by atomic mass is 10.0. The van der Waals surface area contributed by atoms with Crippen LogP contribution in [0.1, 0.15) is 31.0 Å². The molecule has 0 spiro atoms. The topological polar surface area (TPSA) is 58.5 Å². The van der Waals surface area contributed by atoms with E-state index in [9.17, 15) is 5.11 Å². The lowest BCUT2D eigenvalue weighted by Crippen LogP contribution is -2.26. The number of rotatable bonds is 3. The number of benzene rings is 2. The summed E-state index contributed by atoms with van der Waals surface area (Å²) >= 11 is 6.14. The lowest BCUT2D eigenvalue weighted by molar-refractivity contribution is 0.311. The summed E-state index contributed by atoms with van der Waals surface area (Å²) in [6, 6.07) is 13.4. The minimum atomic E-state index is 0.139. The number of ether oxygens (including phenoxy) is 1. The van der Waals surface area contributed by atoms with Gasteiger partial charge in [-0.25, -0.2) is 9.97 Å². The Balaban J connectivity index is 1.71. The average Bonchev–Trinajstić information content (AvgIpc) is 2.91. The van der Waals surface area contributed by atoms with Gasteiger partial charge in [-0.3, -0.25) is 0 Å². The second-order valence-electron chi connectivity index (χ2n) is 7.22. The van der Waals surface area contributed by atoms with Crippen molar-refractivity contribution in [1.82, 2.24) is 9.97 Å². The summed E-state index contributed by atoms with van der Waals surface area (Å²) in [6.07, 6.45) is 1.61. The van der Waals surface area contributed by atoms with Crippen LogP contribution in [0, 0.1) is 0 Å². The fourth-order valence-electron chi connectivity index (χ4n) is 3.38. The number of phenols is 1. The van der Waals surface area contributed by atoms with Crippen molar-refractivity contribution >= 4 is 17.4 Å². The summed E-state index contributed by atoms with van der Waals surface area (Å²) < 4.78 is 5.86. The maximum absolute atomic E-state index is 10.6. The van der Waals surface area contributed by atoms with E-state index in [0.717, 1.165) is 28.2 Å². The molecule has 0 atom stereocenters. The van der Waals surface area contributed by atoms with Gasteiger partial charge in [-0.2, -0.15) is 0 Å². The van der Waals surface area contributed by atoms with Gasteiger partial charge >= 0.3 is 0 Å². The molecule has 4 rings (SSSR count). The van der Waals surface area contributed by atoms with Gasteiger partial charge in [0.05, 0.1) is 6.54 Å². The first-order chi connectivity index (χ1) is 13.5. The first kappa shape index (κ1) is 18.6. The molecular formula is C22H22ClN3O2. The number of hydrogen-bond donors (Lipinski definition) is 1. The quantitative estimate of drug-likeness (QED) is 0.674. The van der Waals surface area contributed by atoms with Gasteiger partial charge < -0.3 is 14.7 Å². The molecule has 0 aliphatic carbocycles. The van der Waals surface area contributed by atoms with Crippen molar-refractivity contribution in [3.63, 3.8) is 0 Å². The van der Waals surface area contributed by atoms with Gasteiger partial charge in [0.1, 0.15) is 18.8 Å². The molecule has 144 valence electrons. The van der Waals surface area contributed by atoms with E-state index in [1.54, 1.807) is 12.4 Å². The molecule has 3 aromatic rings. The van der Waals surface area contributed by atoms with E-state index >= 15 is 0 Å². The zero-order valence-electron chi connectivity index (χ0n) is 15.9. The number of hydrogen-bond acceptors (Lipinski definition) is 5. The number of phenolic OH excluding ortho intramolecular Hbond substituents is 1. The fourth-order valence-corrected chi connectivity index (χ4v) is 3.57. The third kappa shape index (κ3) is 3.76. The predicted molar refractivity (Wildman–Crippen MR) is 111 cm³/mol. The minimum absolute atomic E-state index is 0.139. The maximum Gasteiger partial charge on any atom is 0.166 e. The molecule has 0 unspecified atom stereocenters. The summed E-state index contributed by atoms with van der Waals surface area (Å²) in [6.45, 7) is 5.96. The van der Waals surface area contributed by atoms with Crippen LogP contribution in [-0.4, -0.2) is 28.2 Å². The Hall–Kier alpha value is -2.79. The fraction of sp³-hybridized carbons (Fsp3) is 0.273. The van der Waals surface area contributed by atoms with Crippen LogP contribution in [-0.2, 0) is 6.54 Å². The van der Waals surface area contributed by atoms with Gasteiger partial charge in [0.15, 0.2) is 11.5 Å². The second kappa shape index (κ2) is 7.68.